The summed E-state index contributed by atoms with van der Waals surface area (Å²) in [6.07, 6.45) is 1.96. The van der Waals surface area contributed by atoms with Gasteiger partial charge in [-0.3, -0.25) is 4.79 Å². The van der Waals surface area contributed by atoms with Crippen molar-refractivity contribution in [2.24, 2.45) is 0 Å². The Labute approximate surface area is 72.6 Å². The third-order valence-corrected chi connectivity index (χ3v) is 1.63. The fourth-order valence-electron chi connectivity index (χ4n) is 0.949. The Balaban J connectivity index is 2.58. The average molecular weight is 163 g/mol. The zero-order chi connectivity index (χ0) is 8.81. The van der Waals surface area contributed by atoms with E-state index in [9.17, 15) is 4.79 Å². The standard InChI is InChI=1S/C10H13NO/c1-2-7-11-10-5-3-9(8-12)4-6-10/h3-6,8,11H,2,7H2,1H3. The molecular formula is C10H13NO. The van der Waals surface area contributed by atoms with E-state index in [-0.39, 0.29) is 0 Å². The van der Waals surface area contributed by atoms with E-state index in [1.54, 1.807) is 0 Å². The van der Waals surface area contributed by atoms with Crippen molar-refractivity contribution in [3.63, 3.8) is 0 Å². The molecule has 0 spiro atoms. The van der Waals surface area contributed by atoms with Gasteiger partial charge < -0.3 is 5.32 Å². The summed E-state index contributed by atoms with van der Waals surface area (Å²) in [6, 6.07) is 7.45. The zero-order valence-corrected chi connectivity index (χ0v) is 7.21. The van der Waals surface area contributed by atoms with E-state index in [0.717, 1.165) is 30.5 Å². The van der Waals surface area contributed by atoms with Gasteiger partial charge in [0.2, 0.25) is 0 Å². The molecule has 0 fully saturated rings. The molecule has 0 saturated heterocycles. The maximum atomic E-state index is 10.3. The van der Waals surface area contributed by atoms with E-state index >= 15 is 0 Å². The second kappa shape index (κ2) is 4.54. The Hall–Kier alpha value is -1.31. The molecule has 0 atom stereocenters. The highest BCUT2D eigenvalue weighted by Gasteiger charge is 1.90. The summed E-state index contributed by atoms with van der Waals surface area (Å²) in [5, 5.41) is 3.23. The van der Waals surface area contributed by atoms with Crippen LogP contribution in [0.5, 0.6) is 0 Å². The SMILES string of the molecule is CCCNc1ccc(C=O)cc1. The fourth-order valence-corrected chi connectivity index (χ4v) is 0.949. The minimum atomic E-state index is 0.719. The lowest BCUT2D eigenvalue weighted by Gasteiger charge is -2.03. The van der Waals surface area contributed by atoms with Gasteiger partial charge >= 0.3 is 0 Å². The minimum Gasteiger partial charge on any atom is -0.385 e. The number of rotatable bonds is 4. The Morgan fingerprint density at radius 1 is 1.33 bits per heavy atom. The van der Waals surface area contributed by atoms with E-state index in [2.05, 4.69) is 12.2 Å². The van der Waals surface area contributed by atoms with Crippen molar-refractivity contribution < 1.29 is 4.79 Å². The molecule has 0 heterocycles. The molecule has 64 valence electrons. The molecule has 12 heavy (non-hydrogen) atoms. The highest BCUT2D eigenvalue weighted by atomic mass is 16.1. The van der Waals surface area contributed by atoms with Gasteiger partial charge in [0.15, 0.2) is 0 Å². The monoisotopic (exact) mass is 163 g/mol. The van der Waals surface area contributed by atoms with Crippen molar-refractivity contribution in [1.29, 1.82) is 0 Å². The lowest BCUT2D eigenvalue weighted by atomic mass is 10.2. The van der Waals surface area contributed by atoms with Crippen molar-refractivity contribution in [1.82, 2.24) is 0 Å². The number of carbonyl (C=O) groups is 1. The van der Waals surface area contributed by atoms with Gasteiger partial charge in [-0.2, -0.15) is 0 Å². The molecule has 1 rings (SSSR count). The van der Waals surface area contributed by atoms with Gasteiger partial charge in [0.25, 0.3) is 0 Å². The summed E-state index contributed by atoms with van der Waals surface area (Å²) in [5.41, 5.74) is 1.79. The van der Waals surface area contributed by atoms with Crippen molar-refractivity contribution in [3.8, 4) is 0 Å². The van der Waals surface area contributed by atoms with Crippen LogP contribution < -0.4 is 5.32 Å². The molecule has 0 unspecified atom stereocenters. The van der Waals surface area contributed by atoms with E-state index in [1.807, 2.05) is 24.3 Å². The van der Waals surface area contributed by atoms with Crippen LogP contribution in [0.4, 0.5) is 5.69 Å². The van der Waals surface area contributed by atoms with E-state index < -0.39 is 0 Å². The first-order chi connectivity index (χ1) is 5.86. The second-order valence-electron chi connectivity index (χ2n) is 2.67. The van der Waals surface area contributed by atoms with Gasteiger partial charge in [0.05, 0.1) is 0 Å². The number of carbonyl (C=O) groups excluding carboxylic acids is 1. The van der Waals surface area contributed by atoms with Gasteiger partial charge in [0, 0.05) is 17.8 Å². The van der Waals surface area contributed by atoms with E-state index in [1.165, 1.54) is 0 Å². The largest absolute Gasteiger partial charge is 0.385 e. The van der Waals surface area contributed by atoms with Crippen LogP contribution in [0.2, 0.25) is 0 Å². The molecule has 1 N–H and O–H groups in total. The highest BCUT2D eigenvalue weighted by Crippen LogP contribution is 2.07. The third-order valence-electron chi connectivity index (χ3n) is 1.63. The first kappa shape index (κ1) is 8.78. The second-order valence-corrected chi connectivity index (χ2v) is 2.67. The number of hydrogen-bond donors (Lipinski definition) is 1. The first-order valence-electron chi connectivity index (χ1n) is 4.16. The molecule has 0 aliphatic heterocycles. The maximum Gasteiger partial charge on any atom is 0.150 e. The lowest BCUT2D eigenvalue weighted by Crippen LogP contribution is -1.99. The van der Waals surface area contributed by atoms with Gasteiger partial charge in [0.1, 0.15) is 6.29 Å². The third kappa shape index (κ3) is 2.38. The number of benzene rings is 1. The Bertz CT molecular complexity index is 241. The van der Waals surface area contributed by atoms with Gasteiger partial charge in [-0.05, 0) is 30.7 Å². The van der Waals surface area contributed by atoms with Crippen LogP contribution in [0.1, 0.15) is 23.7 Å². The quantitative estimate of drug-likeness (QED) is 0.690. The van der Waals surface area contributed by atoms with Crippen molar-refractivity contribution in [2.45, 2.75) is 13.3 Å². The molecule has 0 amide bonds. The van der Waals surface area contributed by atoms with Crippen LogP contribution in [-0.2, 0) is 0 Å². The van der Waals surface area contributed by atoms with Crippen molar-refractivity contribution >= 4 is 12.0 Å². The van der Waals surface area contributed by atoms with Crippen LogP contribution in [0, 0.1) is 0 Å². The Morgan fingerprint density at radius 2 is 2.00 bits per heavy atom. The Kier molecular flexibility index (Phi) is 3.33. The smallest absolute Gasteiger partial charge is 0.150 e. The van der Waals surface area contributed by atoms with Crippen LogP contribution in [0.3, 0.4) is 0 Å². The molecule has 0 radical (unpaired) electrons. The summed E-state index contributed by atoms with van der Waals surface area (Å²) >= 11 is 0. The molecule has 2 nitrogen and oxygen atoms in total. The normalized spacial score (nSPS) is 9.42. The number of hydrogen-bond acceptors (Lipinski definition) is 2. The number of anilines is 1. The molecule has 0 aliphatic rings. The summed E-state index contributed by atoms with van der Waals surface area (Å²) < 4.78 is 0. The molecular weight excluding hydrogens is 150 g/mol. The average Bonchev–Trinajstić information content (AvgIpc) is 2.15. The first-order valence-corrected chi connectivity index (χ1v) is 4.16. The Morgan fingerprint density at radius 3 is 2.50 bits per heavy atom. The molecule has 2 heteroatoms. The fraction of sp³-hybridized carbons (Fsp3) is 0.300. The van der Waals surface area contributed by atoms with Gasteiger partial charge in [-0.15, -0.1) is 0 Å². The number of aldehydes is 1. The molecule has 0 aliphatic carbocycles. The molecule has 0 bridgehead atoms. The molecule has 1 aromatic rings. The summed E-state index contributed by atoms with van der Waals surface area (Å²) in [5.74, 6) is 0. The maximum absolute atomic E-state index is 10.3. The zero-order valence-electron chi connectivity index (χ0n) is 7.21. The van der Waals surface area contributed by atoms with Gasteiger partial charge in [-0.1, -0.05) is 6.92 Å². The van der Waals surface area contributed by atoms with E-state index in [0.29, 0.717) is 0 Å². The predicted octanol–water partition coefficient (Wildman–Crippen LogP) is 2.32. The number of nitrogens with one attached hydrogen (secondary N) is 1. The van der Waals surface area contributed by atoms with Crippen molar-refractivity contribution in [2.75, 3.05) is 11.9 Å². The van der Waals surface area contributed by atoms with Crippen molar-refractivity contribution in [3.05, 3.63) is 29.8 Å². The van der Waals surface area contributed by atoms with Gasteiger partial charge in [-0.25, -0.2) is 0 Å². The van der Waals surface area contributed by atoms with Crippen LogP contribution >= 0.6 is 0 Å². The topological polar surface area (TPSA) is 29.1 Å². The summed E-state index contributed by atoms with van der Waals surface area (Å²) in [6.45, 7) is 3.09. The summed E-state index contributed by atoms with van der Waals surface area (Å²) in [4.78, 5) is 10.3. The molecule has 0 aromatic heterocycles. The summed E-state index contributed by atoms with van der Waals surface area (Å²) in [7, 11) is 0. The van der Waals surface area contributed by atoms with E-state index in [4.69, 9.17) is 0 Å². The predicted molar refractivity (Wildman–Crippen MR) is 50.6 cm³/mol. The van der Waals surface area contributed by atoms with Crippen LogP contribution in [-0.4, -0.2) is 12.8 Å². The molecule has 0 saturated carbocycles. The van der Waals surface area contributed by atoms with Crippen LogP contribution in [0.25, 0.3) is 0 Å². The lowest BCUT2D eigenvalue weighted by molar-refractivity contribution is 0.112. The minimum absolute atomic E-state index is 0.719. The highest BCUT2D eigenvalue weighted by molar-refractivity contribution is 5.75. The molecule has 1 aromatic carbocycles. The van der Waals surface area contributed by atoms with Crippen LogP contribution in [0.15, 0.2) is 24.3 Å².